The lowest BCUT2D eigenvalue weighted by molar-refractivity contribution is 0.669. The van der Waals surface area contributed by atoms with Crippen LogP contribution >= 0.6 is 0 Å². The molecule has 12 aromatic rings. The van der Waals surface area contributed by atoms with Crippen LogP contribution in [0.3, 0.4) is 0 Å². The Bertz CT molecular complexity index is 3590. The van der Waals surface area contributed by atoms with Crippen LogP contribution in [0.2, 0.25) is 0 Å². The van der Waals surface area contributed by atoms with E-state index < -0.39 is 0 Å². The lowest BCUT2D eigenvalue weighted by Gasteiger charge is -2.11. The van der Waals surface area contributed by atoms with E-state index in [0.717, 1.165) is 83.2 Å². The number of furan rings is 1. The Kier molecular flexibility index (Phi) is 8.42. The van der Waals surface area contributed by atoms with Gasteiger partial charge in [0.05, 0.1) is 11.0 Å². The Balaban J connectivity index is 0.966. The highest BCUT2D eigenvalue weighted by atomic mass is 16.3. The van der Waals surface area contributed by atoms with Gasteiger partial charge in [-0.2, -0.15) is 0 Å². The Morgan fingerprint density at radius 1 is 0.306 bits per heavy atom. The molecule has 0 radical (unpaired) electrons. The Labute approximate surface area is 357 Å². The molecule has 0 N–H and O–H groups in total. The molecule has 0 saturated carbocycles. The fourth-order valence-corrected chi connectivity index (χ4v) is 8.86. The summed E-state index contributed by atoms with van der Waals surface area (Å²) in [5, 5.41) is 4.58. The van der Waals surface area contributed by atoms with Crippen molar-refractivity contribution in [2.24, 2.45) is 0 Å². The molecule has 0 aliphatic carbocycles. The van der Waals surface area contributed by atoms with Crippen LogP contribution in [0.1, 0.15) is 0 Å². The van der Waals surface area contributed by atoms with Gasteiger partial charge in [0, 0.05) is 50.0 Å². The number of hydrogen-bond donors (Lipinski definition) is 0. The van der Waals surface area contributed by atoms with E-state index in [1.54, 1.807) is 0 Å². The van der Waals surface area contributed by atoms with Crippen LogP contribution in [0, 0.1) is 0 Å². The number of para-hydroxylation sites is 2. The molecule has 0 fully saturated rings. The minimum Gasteiger partial charge on any atom is -0.456 e. The van der Waals surface area contributed by atoms with Gasteiger partial charge in [0.15, 0.2) is 17.5 Å². The van der Waals surface area contributed by atoms with Gasteiger partial charge >= 0.3 is 0 Å². The number of nitrogens with zero attached hydrogens (tertiary/aromatic N) is 4. The van der Waals surface area contributed by atoms with Crippen LogP contribution in [-0.2, 0) is 0 Å². The highest BCUT2D eigenvalue weighted by molar-refractivity contribution is 6.20. The van der Waals surface area contributed by atoms with E-state index in [9.17, 15) is 0 Å². The Hall–Kier alpha value is -8.41. The second-order valence-corrected chi connectivity index (χ2v) is 15.6. The predicted octanol–water partition coefficient (Wildman–Crippen LogP) is 14.9. The minimum atomic E-state index is 0.609. The summed E-state index contributed by atoms with van der Waals surface area (Å²) in [5.41, 5.74) is 14.6. The molecule has 3 heterocycles. The lowest BCUT2D eigenvalue weighted by atomic mass is 9.97. The Morgan fingerprint density at radius 2 is 0.823 bits per heavy atom. The van der Waals surface area contributed by atoms with Crippen LogP contribution in [0.5, 0.6) is 0 Å². The van der Waals surface area contributed by atoms with E-state index in [1.807, 2.05) is 12.1 Å². The molecule has 0 spiro atoms. The summed E-state index contributed by atoms with van der Waals surface area (Å²) in [6, 6.07) is 76.2. The summed E-state index contributed by atoms with van der Waals surface area (Å²) in [7, 11) is 0. The van der Waals surface area contributed by atoms with Crippen LogP contribution in [0.25, 0.3) is 117 Å². The summed E-state index contributed by atoms with van der Waals surface area (Å²) in [5.74, 6) is 1.85. The molecule has 0 amide bonds. The van der Waals surface area contributed by atoms with E-state index in [-0.39, 0.29) is 0 Å². The predicted molar refractivity (Wildman–Crippen MR) is 254 cm³/mol. The highest BCUT2D eigenvalue weighted by Crippen LogP contribution is 2.42. The van der Waals surface area contributed by atoms with Crippen molar-refractivity contribution in [1.82, 2.24) is 19.5 Å². The van der Waals surface area contributed by atoms with Crippen LogP contribution in [0.15, 0.2) is 223 Å². The molecular formula is C57H36N4O. The molecule has 0 unspecified atom stereocenters. The molecule has 290 valence electrons. The quantitative estimate of drug-likeness (QED) is 0.161. The molecule has 9 aromatic carbocycles. The minimum absolute atomic E-state index is 0.609. The van der Waals surface area contributed by atoms with Gasteiger partial charge in [-0.1, -0.05) is 176 Å². The fourth-order valence-electron chi connectivity index (χ4n) is 8.86. The number of aromatic nitrogens is 4. The van der Waals surface area contributed by atoms with Crippen LogP contribution in [0.4, 0.5) is 0 Å². The van der Waals surface area contributed by atoms with Crippen LogP contribution < -0.4 is 0 Å². The van der Waals surface area contributed by atoms with Crippen molar-refractivity contribution in [3.8, 4) is 73.2 Å². The van der Waals surface area contributed by atoms with Gasteiger partial charge in [-0.15, -0.1) is 0 Å². The third kappa shape index (κ3) is 6.14. The van der Waals surface area contributed by atoms with E-state index in [2.05, 4.69) is 211 Å². The zero-order valence-electron chi connectivity index (χ0n) is 33.5. The molecular weight excluding hydrogens is 757 g/mol. The van der Waals surface area contributed by atoms with Gasteiger partial charge in [-0.25, -0.2) is 15.0 Å². The molecule has 0 atom stereocenters. The van der Waals surface area contributed by atoms with E-state index in [0.29, 0.717) is 17.5 Å². The largest absolute Gasteiger partial charge is 0.456 e. The fraction of sp³-hybridized carbons (Fsp3) is 0. The first-order chi connectivity index (χ1) is 30.7. The third-order valence-corrected chi connectivity index (χ3v) is 11.9. The monoisotopic (exact) mass is 792 g/mol. The summed E-state index contributed by atoms with van der Waals surface area (Å²) < 4.78 is 8.97. The summed E-state index contributed by atoms with van der Waals surface area (Å²) in [6.45, 7) is 0. The molecule has 5 heteroatoms. The van der Waals surface area contributed by atoms with Crippen molar-refractivity contribution in [3.63, 3.8) is 0 Å². The van der Waals surface area contributed by atoms with Gasteiger partial charge < -0.3 is 8.98 Å². The maximum absolute atomic E-state index is 6.64. The second-order valence-electron chi connectivity index (χ2n) is 15.6. The summed E-state index contributed by atoms with van der Waals surface area (Å²) in [6.07, 6.45) is 0. The number of fused-ring (bicyclic) bond motifs is 6. The van der Waals surface area contributed by atoms with Gasteiger partial charge in [0.2, 0.25) is 0 Å². The molecule has 0 aliphatic rings. The SMILES string of the molecule is c1ccc(-c2ccc(-c3nc(-c4ccc(-c5cccc6oc7cc8c(cc7c56)c5ccccc5n8-c5ccccc5)cc4)nc(-c4cccc(-c5ccccc5)c4)n3)cc2)cc1. The molecule has 0 aliphatic heterocycles. The maximum atomic E-state index is 6.64. The molecule has 12 rings (SSSR count). The molecule has 62 heavy (non-hydrogen) atoms. The maximum Gasteiger partial charge on any atom is 0.164 e. The van der Waals surface area contributed by atoms with Crippen molar-refractivity contribution in [2.45, 2.75) is 0 Å². The van der Waals surface area contributed by atoms with Crippen molar-refractivity contribution < 1.29 is 4.42 Å². The van der Waals surface area contributed by atoms with Gasteiger partial charge in [0.1, 0.15) is 11.2 Å². The number of hydrogen-bond acceptors (Lipinski definition) is 4. The topological polar surface area (TPSA) is 56.7 Å². The molecule has 5 nitrogen and oxygen atoms in total. The summed E-state index contributed by atoms with van der Waals surface area (Å²) >= 11 is 0. The number of benzene rings is 9. The Morgan fingerprint density at radius 3 is 1.52 bits per heavy atom. The van der Waals surface area contributed by atoms with Crippen molar-refractivity contribution >= 4 is 43.7 Å². The van der Waals surface area contributed by atoms with Crippen molar-refractivity contribution in [3.05, 3.63) is 218 Å². The zero-order valence-corrected chi connectivity index (χ0v) is 33.5. The smallest absolute Gasteiger partial charge is 0.164 e. The zero-order chi connectivity index (χ0) is 41.0. The summed E-state index contributed by atoms with van der Waals surface area (Å²) in [4.78, 5) is 15.3. The third-order valence-electron chi connectivity index (χ3n) is 11.9. The first-order valence-corrected chi connectivity index (χ1v) is 20.8. The van der Waals surface area contributed by atoms with Crippen molar-refractivity contribution in [2.75, 3.05) is 0 Å². The first-order valence-electron chi connectivity index (χ1n) is 20.8. The van der Waals surface area contributed by atoms with E-state index in [1.165, 1.54) is 16.3 Å². The lowest BCUT2D eigenvalue weighted by Crippen LogP contribution is -2.00. The van der Waals surface area contributed by atoms with Crippen molar-refractivity contribution in [1.29, 1.82) is 0 Å². The second kappa shape index (κ2) is 14.7. The normalized spacial score (nSPS) is 11.5. The average molecular weight is 793 g/mol. The average Bonchev–Trinajstić information content (AvgIpc) is 3.89. The van der Waals surface area contributed by atoms with Gasteiger partial charge in [0.25, 0.3) is 0 Å². The van der Waals surface area contributed by atoms with E-state index >= 15 is 0 Å². The van der Waals surface area contributed by atoms with E-state index in [4.69, 9.17) is 19.4 Å². The molecule has 3 aromatic heterocycles. The first kappa shape index (κ1) is 35.5. The van der Waals surface area contributed by atoms with Gasteiger partial charge in [-0.3, -0.25) is 0 Å². The standard InChI is InChI=1S/C57H36N4O/c1-4-14-37(15-5-1)39-26-30-41(31-27-39)55-58-56(60-57(59-55)44-19-12-18-43(34-44)38-16-6-2-7-17-38)42-32-28-40(29-33-42)46-23-13-25-52-54(46)49-35-48-47-22-10-11-24-50(47)61(45-20-8-3-9-21-45)51(48)36-53(49)62-52/h1-36H. The van der Waals surface area contributed by atoms with Crippen LogP contribution in [-0.4, -0.2) is 19.5 Å². The molecule has 0 saturated heterocycles. The number of rotatable bonds is 7. The van der Waals surface area contributed by atoms with Gasteiger partial charge in [-0.05, 0) is 69.8 Å². The molecule has 0 bridgehead atoms. The highest BCUT2D eigenvalue weighted by Gasteiger charge is 2.19.